The topological polar surface area (TPSA) is 51.1 Å². The minimum Gasteiger partial charge on any atom is -0.376 e. The molecule has 1 unspecified atom stereocenters. The number of aryl methyl sites for hydroxylation is 2. The number of anilines is 1. The maximum atomic E-state index is 6.13. The molecule has 0 amide bonds. The first-order valence-corrected chi connectivity index (χ1v) is 10.0. The Hall–Kier alpha value is -2.01. The number of fused-ring (bicyclic) bond motifs is 2. The van der Waals surface area contributed by atoms with Crippen molar-refractivity contribution in [2.45, 2.75) is 64.0 Å². The van der Waals surface area contributed by atoms with E-state index in [1.807, 2.05) is 12.3 Å². The standard InChI is InChI=1S/C21H26N4O/c1-14-9-10-22-17(13-14)20-23-16-6-2-5-15(16)21(24-20)25-11-4-12-26-19-8-3-7-18(19)25/h9-10,13,18-19H,2-8,11-12H2,1H3/t18?,19-/m0/s1. The summed E-state index contributed by atoms with van der Waals surface area (Å²) in [4.78, 5) is 17.1. The van der Waals surface area contributed by atoms with E-state index in [0.717, 1.165) is 49.8 Å². The van der Waals surface area contributed by atoms with E-state index in [2.05, 4.69) is 22.9 Å². The Balaban J connectivity index is 1.61. The minimum absolute atomic E-state index is 0.366. The highest BCUT2D eigenvalue weighted by Crippen LogP contribution is 2.37. The third kappa shape index (κ3) is 2.78. The second-order valence-corrected chi connectivity index (χ2v) is 7.82. The first-order valence-electron chi connectivity index (χ1n) is 10.0. The zero-order valence-corrected chi connectivity index (χ0v) is 15.4. The Kier molecular flexibility index (Phi) is 4.12. The van der Waals surface area contributed by atoms with E-state index in [0.29, 0.717) is 12.1 Å². The van der Waals surface area contributed by atoms with Crippen LogP contribution in [0, 0.1) is 6.92 Å². The van der Waals surface area contributed by atoms with Crippen LogP contribution in [-0.2, 0) is 17.6 Å². The average Bonchev–Trinajstić information content (AvgIpc) is 3.27. The molecule has 1 aliphatic heterocycles. The molecule has 0 spiro atoms. The number of aromatic nitrogens is 3. The lowest BCUT2D eigenvalue weighted by atomic mass is 10.1. The monoisotopic (exact) mass is 350 g/mol. The van der Waals surface area contributed by atoms with Crippen molar-refractivity contribution in [2.24, 2.45) is 0 Å². The number of pyridine rings is 1. The van der Waals surface area contributed by atoms with Crippen molar-refractivity contribution >= 4 is 5.82 Å². The van der Waals surface area contributed by atoms with Gasteiger partial charge in [-0.2, -0.15) is 0 Å². The first-order chi connectivity index (χ1) is 12.8. The molecule has 2 atom stereocenters. The van der Waals surface area contributed by atoms with Crippen LogP contribution in [0.5, 0.6) is 0 Å². The van der Waals surface area contributed by atoms with E-state index in [1.54, 1.807) is 0 Å². The summed E-state index contributed by atoms with van der Waals surface area (Å²) in [5.41, 5.74) is 4.68. The largest absolute Gasteiger partial charge is 0.376 e. The molecule has 3 aliphatic rings. The fourth-order valence-corrected chi connectivity index (χ4v) is 4.78. The maximum absolute atomic E-state index is 6.13. The lowest BCUT2D eigenvalue weighted by Crippen LogP contribution is -2.41. The van der Waals surface area contributed by atoms with Gasteiger partial charge in [-0.1, -0.05) is 0 Å². The highest BCUT2D eigenvalue weighted by Gasteiger charge is 2.37. The molecule has 5 nitrogen and oxygen atoms in total. The highest BCUT2D eigenvalue weighted by molar-refractivity contribution is 5.60. The maximum Gasteiger partial charge on any atom is 0.180 e. The molecule has 0 N–H and O–H groups in total. The molecular formula is C21H26N4O. The normalized spacial score (nSPS) is 25.0. The number of rotatable bonds is 2. The van der Waals surface area contributed by atoms with Gasteiger partial charge in [0.1, 0.15) is 11.5 Å². The van der Waals surface area contributed by atoms with Gasteiger partial charge in [-0.15, -0.1) is 0 Å². The van der Waals surface area contributed by atoms with Crippen molar-refractivity contribution in [1.29, 1.82) is 0 Å². The van der Waals surface area contributed by atoms with Gasteiger partial charge in [-0.05, 0) is 69.6 Å². The van der Waals surface area contributed by atoms with Gasteiger partial charge in [0, 0.05) is 30.6 Å². The molecule has 2 aromatic rings. The van der Waals surface area contributed by atoms with Gasteiger partial charge in [-0.25, -0.2) is 9.97 Å². The number of hydrogen-bond donors (Lipinski definition) is 0. The number of ether oxygens (including phenoxy) is 1. The fraction of sp³-hybridized carbons (Fsp3) is 0.571. The zero-order valence-electron chi connectivity index (χ0n) is 15.4. The van der Waals surface area contributed by atoms with Crippen molar-refractivity contribution in [1.82, 2.24) is 15.0 Å². The van der Waals surface area contributed by atoms with Crippen LogP contribution in [0.3, 0.4) is 0 Å². The van der Waals surface area contributed by atoms with E-state index >= 15 is 0 Å². The van der Waals surface area contributed by atoms with Crippen LogP contribution in [0.25, 0.3) is 11.5 Å². The molecule has 1 saturated heterocycles. The van der Waals surface area contributed by atoms with Crippen molar-refractivity contribution in [3.8, 4) is 11.5 Å². The molecule has 26 heavy (non-hydrogen) atoms. The smallest absolute Gasteiger partial charge is 0.180 e. The summed E-state index contributed by atoms with van der Waals surface area (Å²) in [6.45, 7) is 4.00. The van der Waals surface area contributed by atoms with Gasteiger partial charge in [0.05, 0.1) is 12.1 Å². The average molecular weight is 350 g/mol. The van der Waals surface area contributed by atoms with Gasteiger partial charge in [0.25, 0.3) is 0 Å². The van der Waals surface area contributed by atoms with Gasteiger partial charge in [-0.3, -0.25) is 4.98 Å². The van der Waals surface area contributed by atoms with E-state index < -0.39 is 0 Å². The molecule has 2 fully saturated rings. The lowest BCUT2D eigenvalue weighted by molar-refractivity contribution is 0.0590. The Labute approximate surface area is 154 Å². The Bertz CT molecular complexity index is 822. The van der Waals surface area contributed by atoms with E-state index in [4.69, 9.17) is 14.7 Å². The quantitative estimate of drug-likeness (QED) is 0.830. The molecule has 2 aromatic heterocycles. The van der Waals surface area contributed by atoms with Crippen LogP contribution in [0.15, 0.2) is 18.3 Å². The van der Waals surface area contributed by atoms with Crippen molar-refractivity contribution in [2.75, 3.05) is 18.1 Å². The summed E-state index contributed by atoms with van der Waals surface area (Å²) in [6, 6.07) is 4.58. The molecule has 0 aromatic carbocycles. The molecule has 3 heterocycles. The van der Waals surface area contributed by atoms with Crippen molar-refractivity contribution < 1.29 is 4.74 Å². The van der Waals surface area contributed by atoms with Gasteiger partial charge < -0.3 is 9.64 Å². The number of hydrogen-bond acceptors (Lipinski definition) is 5. The molecule has 5 rings (SSSR count). The van der Waals surface area contributed by atoms with Crippen LogP contribution in [0.2, 0.25) is 0 Å². The number of nitrogens with zero attached hydrogens (tertiary/aromatic N) is 4. The third-order valence-corrected chi connectivity index (χ3v) is 6.02. The van der Waals surface area contributed by atoms with Crippen molar-refractivity contribution in [3.63, 3.8) is 0 Å². The molecule has 5 heteroatoms. The summed E-state index contributed by atoms with van der Waals surface area (Å²) in [5, 5.41) is 0. The first kappa shape index (κ1) is 16.2. The molecule has 0 radical (unpaired) electrons. The second-order valence-electron chi connectivity index (χ2n) is 7.82. The molecule has 0 bridgehead atoms. The zero-order chi connectivity index (χ0) is 17.5. The SMILES string of the molecule is Cc1ccnc(-c2nc3c(c(N4CCCO[C@H]5CCCC54)n2)CCC3)c1. The van der Waals surface area contributed by atoms with Crippen LogP contribution in [-0.4, -0.2) is 40.2 Å². The lowest BCUT2D eigenvalue weighted by Gasteiger charge is -2.32. The summed E-state index contributed by atoms with van der Waals surface area (Å²) in [7, 11) is 0. The second kappa shape index (κ2) is 6.62. The van der Waals surface area contributed by atoms with Crippen LogP contribution in [0.4, 0.5) is 5.82 Å². The third-order valence-electron chi connectivity index (χ3n) is 6.02. The predicted octanol–water partition coefficient (Wildman–Crippen LogP) is 3.48. The van der Waals surface area contributed by atoms with E-state index in [-0.39, 0.29) is 0 Å². The van der Waals surface area contributed by atoms with Gasteiger partial charge >= 0.3 is 0 Å². The Morgan fingerprint density at radius 1 is 1.12 bits per heavy atom. The van der Waals surface area contributed by atoms with E-state index in [1.165, 1.54) is 42.5 Å². The molecule has 1 saturated carbocycles. The minimum atomic E-state index is 0.366. The van der Waals surface area contributed by atoms with Gasteiger partial charge in [0.2, 0.25) is 0 Å². The molecular weight excluding hydrogens is 324 g/mol. The summed E-state index contributed by atoms with van der Waals surface area (Å²) in [5.74, 6) is 1.94. The van der Waals surface area contributed by atoms with E-state index in [9.17, 15) is 0 Å². The summed E-state index contributed by atoms with van der Waals surface area (Å²) < 4.78 is 6.13. The van der Waals surface area contributed by atoms with Crippen LogP contribution in [0.1, 0.15) is 48.9 Å². The summed E-state index contributed by atoms with van der Waals surface area (Å²) in [6.07, 6.45) is 10.3. The van der Waals surface area contributed by atoms with Crippen molar-refractivity contribution in [3.05, 3.63) is 35.2 Å². The Morgan fingerprint density at radius 2 is 2.08 bits per heavy atom. The Morgan fingerprint density at radius 3 is 3.00 bits per heavy atom. The van der Waals surface area contributed by atoms with Crippen LogP contribution >= 0.6 is 0 Å². The fourth-order valence-electron chi connectivity index (χ4n) is 4.78. The molecule has 136 valence electrons. The highest BCUT2D eigenvalue weighted by atomic mass is 16.5. The van der Waals surface area contributed by atoms with Crippen LogP contribution < -0.4 is 4.90 Å². The van der Waals surface area contributed by atoms with Gasteiger partial charge in [0.15, 0.2) is 5.82 Å². The summed E-state index contributed by atoms with van der Waals surface area (Å²) >= 11 is 0. The predicted molar refractivity (Wildman–Crippen MR) is 101 cm³/mol. The molecule has 2 aliphatic carbocycles.